The Bertz CT molecular complexity index is 1140. The van der Waals surface area contributed by atoms with Gasteiger partial charge in [-0.2, -0.15) is 10.5 Å². The minimum Gasteiger partial charge on any atom is -0.192 e. The fourth-order valence-electron chi connectivity index (χ4n) is 7.13. The van der Waals surface area contributed by atoms with Gasteiger partial charge in [0.05, 0.1) is 11.1 Å². The standard InChI is InChI=1S/C34H43BrN2/c1-3-5-7-9-26-10-11-28(32(35)23-26)13-12-27-14-15-31(30(25-37)29(27)24-36)34-20-17-33(18-21-34,19-22-34)16-8-6-4-2/h10-11,14-15,23H,3-9,12-13,16-22H2,1-2H3. The first-order valence-electron chi connectivity index (χ1n) is 14.7. The van der Waals surface area contributed by atoms with Crippen molar-refractivity contribution in [3.05, 3.63) is 68.2 Å². The Balaban J connectivity index is 1.49. The third-order valence-electron chi connectivity index (χ3n) is 9.65. The zero-order valence-electron chi connectivity index (χ0n) is 23.0. The molecule has 0 radical (unpaired) electrons. The second kappa shape index (κ2) is 12.6. The summed E-state index contributed by atoms with van der Waals surface area (Å²) >= 11 is 3.78. The van der Waals surface area contributed by atoms with Gasteiger partial charge in [0.2, 0.25) is 0 Å². The number of benzene rings is 2. The van der Waals surface area contributed by atoms with Crippen LogP contribution in [-0.4, -0.2) is 0 Å². The normalized spacial score (nSPS) is 22.5. The van der Waals surface area contributed by atoms with Crippen molar-refractivity contribution >= 4 is 15.9 Å². The average molecular weight is 560 g/mol. The fraction of sp³-hybridized carbons (Fsp3) is 0.588. The van der Waals surface area contributed by atoms with Gasteiger partial charge in [0.15, 0.2) is 0 Å². The SMILES string of the molecule is CCCCCc1ccc(CCc2ccc(C34CCC(CCCCC)(CC3)CC4)c(C#N)c2C#N)c(Br)c1. The van der Waals surface area contributed by atoms with Gasteiger partial charge in [0.1, 0.15) is 12.1 Å². The predicted molar refractivity (Wildman–Crippen MR) is 157 cm³/mol. The molecule has 2 aromatic rings. The highest BCUT2D eigenvalue weighted by Crippen LogP contribution is 2.60. The van der Waals surface area contributed by atoms with Crippen molar-refractivity contribution in [3.8, 4) is 12.1 Å². The van der Waals surface area contributed by atoms with Crippen LogP contribution in [0.4, 0.5) is 0 Å². The van der Waals surface area contributed by atoms with Crippen LogP contribution in [0.1, 0.15) is 131 Å². The lowest BCUT2D eigenvalue weighted by Gasteiger charge is -2.54. The number of nitriles is 2. The summed E-state index contributed by atoms with van der Waals surface area (Å²) in [6, 6.07) is 16.0. The fourth-order valence-corrected chi connectivity index (χ4v) is 7.75. The highest BCUT2D eigenvalue weighted by molar-refractivity contribution is 9.10. The molecule has 2 bridgehead atoms. The molecule has 3 fully saturated rings. The minimum absolute atomic E-state index is 0.0956. The molecule has 0 spiro atoms. The summed E-state index contributed by atoms with van der Waals surface area (Å²) in [6.07, 6.45) is 19.3. The summed E-state index contributed by atoms with van der Waals surface area (Å²) < 4.78 is 1.16. The van der Waals surface area contributed by atoms with Gasteiger partial charge in [-0.05, 0) is 110 Å². The Morgan fingerprint density at radius 1 is 0.730 bits per heavy atom. The summed E-state index contributed by atoms with van der Waals surface area (Å²) in [6.45, 7) is 4.52. The summed E-state index contributed by atoms with van der Waals surface area (Å²) in [7, 11) is 0. The van der Waals surface area contributed by atoms with Gasteiger partial charge in [-0.1, -0.05) is 86.1 Å². The highest BCUT2D eigenvalue weighted by Gasteiger charge is 2.49. The van der Waals surface area contributed by atoms with Crippen LogP contribution >= 0.6 is 15.9 Å². The molecule has 0 atom stereocenters. The number of rotatable bonds is 12. The second-order valence-corrected chi connectivity index (χ2v) is 12.7. The van der Waals surface area contributed by atoms with Gasteiger partial charge in [-0.15, -0.1) is 0 Å². The molecule has 196 valence electrons. The average Bonchev–Trinajstić information content (AvgIpc) is 2.93. The van der Waals surface area contributed by atoms with E-state index >= 15 is 0 Å². The molecular formula is C34H43BrN2. The first-order valence-corrected chi connectivity index (χ1v) is 15.5. The number of hydrogen-bond donors (Lipinski definition) is 0. The van der Waals surface area contributed by atoms with Gasteiger partial charge in [-0.25, -0.2) is 0 Å². The van der Waals surface area contributed by atoms with E-state index in [2.05, 4.69) is 72.2 Å². The Labute approximate surface area is 233 Å². The summed E-state index contributed by atoms with van der Waals surface area (Å²) in [5.41, 5.74) is 6.74. The first-order chi connectivity index (χ1) is 18.0. The Kier molecular flexibility index (Phi) is 9.53. The summed E-state index contributed by atoms with van der Waals surface area (Å²) in [5.74, 6) is 0. The lowest BCUT2D eigenvalue weighted by molar-refractivity contribution is 0.0304. The molecular weight excluding hydrogens is 516 g/mol. The van der Waals surface area contributed by atoms with Crippen molar-refractivity contribution in [3.63, 3.8) is 0 Å². The predicted octanol–water partition coefficient (Wildman–Crippen LogP) is 9.88. The van der Waals surface area contributed by atoms with Gasteiger partial charge in [0.25, 0.3) is 0 Å². The lowest BCUT2D eigenvalue weighted by Crippen LogP contribution is -2.44. The van der Waals surface area contributed by atoms with E-state index in [1.165, 1.54) is 94.6 Å². The van der Waals surface area contributed by atoms with Crippen LogP contribution in [0.25, 0.3) is 0 Å². The number of halogens is 1. The van der Waals surface area contributed by atoms with Crippen LogP contribution in [0.15, 0.2) is 34.8 Å². The Morgan fingerprint density at radius 3 is 1.97 bits per heavy atom. The van der Waals surface area contributed by atoms with Crippen molar-refractivity contribution in [2.45, 2.75) is 122 Å². The topological polar surface area (TPSA) is 47.6 Å². The molecule has 3 aliphatic rings. The van der Waals surface area contributed by atoms with Gasteiger partial charge in [0, 0.05) is 4.47 Å². The maximum Gasteiger partial charge on any atom is 0.101 e. The molecule has 0 aliphatic heterocycles. The summed E-state index contributed by atoms with van der Waals surface area (Å²) in [4.78, 5) is 0. The van der Waals surface area contributed by atoms with Crippen LogP contribution in [-0.2, 0) is 24.7 Å². The minimum atomic E-state index is 0.0956. The third-order valence-corrected chi connectivity index (χ3v) is 10.4. The first kappa shape index (κ1) is 27.9. The Morgan fingerprint density at radius 2 is 1.35 bits per heavy atom. The van der Waals surface area contributed by atoms with E-state index in [1.54, 1.807) is 0 Å². The number of aryl methyl sites for hydroxylation is 3. The van der Waals surface area contributed by atoms with Crippen molar-refractivity contribution < 1.29 is 0 Å². The van der Waals surface area contributed by atoms with Gasteiger partial charge in [-0.3, -0.25) is 0 Å². The zero-order valence-corrected chi connectivity index (χ0v) is 24.6. The van der Waals surface area contributed by atoms with Gasteiger partial charge >= 0.3 is 0 Å². The van der Waals surface area contributed by atoms with Gasteiger partial charge < -0.3 is 0 Å². The van der Waals surface area contributed by atoms with E-state index < -0.39 is 0 Å². The quantitative estimate of drug-likeness (QED) is 0.243. The molecule has 37 heavy (non-hydrogen) atoms. The molecule has 0 aromatic heterocycles. The lowest BCUT2D eigenvalue weighted by atomic mass is 9.50. The second-order valence-electron chi connectivity index (χ2n) is 11.9. The molecule has 3 aliphatic carbocycles. The molecule has 3 saturated carbocycles. The largest absolute Gasteiger partial charge is 0.192 e. The molecule has 5 rings (SSSR count). The van der Waals surface area contributed by atoms with E-state index in [0.29, 0.717) is 16.5 Å². The molecule has 0 unspecified atom stereocenters. The number of nitrogens with zero attached hydrogens (tertiary/aromatic N) is 2. The van der Waals surface area contributed by atoms with E-state index in [4.69, 9.17) is 0 Å². The van der Waals surface area contributed by atoms with E-state index in [-0.39, 0.29) is 5.41 Å². The molecule has 2 nitrogen and oxygen atoms in total. The number of fused-ring (bicyclic) bond motifs is 3. The molecule has 0 saturated heterocycles. The van der Waals surface area contributed by atoms with E-state index in [1.807, 2.05) is 0 Å². The van der Waals surface area contributed by atoms with Crippen LogP contribution in [0, 0.1) is 28.1 Å². The maximum atomic E-state index is 10.2. The molecule has 0 heterocycles. The molecule has 3 heteroatoms. The highest BCUT2D eigenvalue weighted by atomic mass is 79.9. The van der Waals surface area contributed by atoms with Crippen molar-refractivity contribution in [1.82, 2.24) is 0 Å². The van der Waals surface area contributed by atoms with Crippen LogP contribution in [0.3, 0.4) is 0 Å². The van der Waals surface area contributed by atoms with Crippen LogP contribution < -0.4 is 0 Å². The smallest absolute Gasteiger partial charge is 0.101 e. The monoisotopic (exact) mass is 558 g/mol. The number of unbranched alkanes of at least 4 members (excludes halogenated alkanes) is 4. The zero-order chi connectivity index (χ0) is 26.3. The maximum absolute atomic E-state index is 10.2. The van der Waals surface area contributed by atoms with Crippen molar-refractivity contribution in [2.24, 2.45) is 5.41 Å². The Hall–Kier alpha value is -2.10. The third kappa shape index (κ3) is 6.15. The molecule has 2 aromatic carbocycles. The molecule has 0 N–H and O–H groups in total. The summed E-state index contributed by atoms with van der Waals surface area (Å²) in [5, 5.41) is 20.4. The number of hydrogen-bond acceptors (Lipinski definition) is 2. The van der Waals surface area contributed by atoms with Crippen LogP contribution in [0.5, 0.6) is 0 Å². The van der Waals surface area contributed by atoms with E-state index in [0.717, 1.165) is 34.9 Å². The van der Waals surface area contributed by atoms with Crippen LogP contribution in [0.2, 0.25) is 0 Å². The van der Waals surface area contributed by atoms with Crippen molar-refractivity contribution in [2.75, 3.05) is 0 Å². The molecule has 0 amide bonds. The van der Waals surface area contributed by atoms with E-state index in [9.17, 15) is 10.5 Å². The van der Waals surface area contributed by atoms with Crippen molar-refractivity contribution in [1.29, 1.82) is 10.5 Å².